The predicted molar refractivity (Wildman–Crippen MR) is 105 cm³/mol. The number of rotatable bonds is 7. The number of hydrogen-bond donors (Lipinski definition) is 0. The van der Waals surface area contributed by atoms with Crippen LogP contribution in [0, 0.1) is 0 Å². The molecule has 2 aromatic carbocycles. The Morgan fingerprint density at radius 1 is 0.964 bits per heavy atom. The van der Waals surface area contributed by atoms with Crippen molar-refractivity contribution in [1.82, 2.24) is 4.90 Å². The van der Waals surface area contributed by atoms with Gasteiger partial charge in [-0.15, -0.1) is 0 Å². The Morgan fingerprint density at radius 3 is 2.29 bits per heavy atom. The molecule has 0 spiro atoms. The van der Waals surface area contributed by atoms with Gasteiger partial charge < -0.3 is 9.32 Å². The van der Waals surface area contributed by atoms with Gasteiger partial charge in [0.05, 0.1) is 23.5 Å². The second kappa shape index (κ2) is 7.64. The van der Waals surface area contributed by atoms with E-state index in [9.17, 15) is 13.2 Å². The van der Waals surface area contributed by atoms with Gasteiger partial charge in [0.1, 0.15) is 5.76 Å². The van der Waals surface area contributed by atoms with E-state index in [-0.39, 0.29) is 17.7 Å². The second-order valence-corrected chi connectivity index (χ2v) is 9.00. The van der Waals surface area contributed by atoms with Crippen LogP contribution in [0.3, 0.4) is 0 Å². The van der Waals surface area contributed by atoms with Crippen LogP contribution in [0.4, 0.5) is 0 Å². The minimum Gasteiger partial charge on any atom is -0.467 e. The Morgan fingerprint density at radius 2 is 1.68 bits per heavy atom. The van der Waals surface area contributed by atoms with Crippen molar-refractivity contribution in [2.45, 2.75) is 36.1 Å². The fourth-order valence-corrected chi connectivity index (χ4v) is 4.53. The molecule has 0 unspecified atom stereocenters. The molecule has 1 aliphatic carbocycles. The summed E-state index contributed by atoms with van der Waals surface area (Å²) >= 11 is 0. The SMILES string of the molecule is O=C(c1ccc(CS(=O)(=O)c2ccccc2)cc1)N(Cc1ccco1)C1CC1. The highest BCUT2D eigenvalue weighted by Gasteiger charge is 2.33. The number of amides is 1. The largest absolute Gasteiger partial charge is 0.467 e. The summed E-state index contributed by atoms with van der Waals surface area (Å²) in [6.07, 6.45) is 3.60. The Labute approximate surface area is 164 Å². The third-order valence-electron chi connectivity index (χ3n) is 4.81. The van der Waals surface area contributed by atoms with Crippen molar-refractivity contribution in [2.24, 2.45) is 0 Å². The van der Waals surface area contributed by atoms with Gasteiger partial charge in [0.2, 0.25) is 0 Å². The van der Waals surface area contributed by atoms with Crippen molar-refractivity contribution in [3.63, 3.8) is 0 Å². The van der Waals surface area contributed by atoms with Gasteiger partial charge in [-0.05, 0) is 54.8 Å². The monoisotopic (exact) mass is 395 g/mol. The zero-order chi connectivity index (χ0) is 19.6. The number of carbonyl (C=O) groups excluding carboxylic acids is 1. The Balaban J connectivity index is 1.48. The maximum atomic E-state index is 12.9. The Hall–Kier alpha value is -2.86. The molecule has 0 radical (unpaired) electrons. The summed E-state index contributed by atoms with van der Waals surface area (Å²) in [5.74, 6) is 0.603. The van der Waals surface area contributed by atoms with E-state index in [1.165, 1.54) is 0 Å². The van der Waals surface area contributed by atoms with Gasteiger partial charge in [-0.3, -0.25) is 4.79 Å². The van der Waals surface area contributed by atoms with Gasteiger partial charge in [-0.2, -0.15) is 0 Å². The van der Waals surface area contributed by atoms with Gasteiger partial charge in [0, 0.05) is 11.6 Å². The van der Waals surface area contributed by atoms with E-state index in [4.69, 9.17) is 4.42 Å². The summed E-state index contributed by atoms with van der Waals surface area (Å²) in [5.41, 5.74) is 1.21. The lowest BCUT2D eigenvalue weighted by Gasteiger charge is -2.21. The molecule has 144 valence electrons. The zero-order valence-electron chi connectivity index (χ0n) is 15.3. The highest BCUT2D eigenvalue weighted by Crippen LogP contribution is 2.30. The molecule has 1 saturated carbocycles. The first-order chi connectivity index (χ1) is 13.5. The molecule has 28 heavy (non-hydrogen) atoms. The summed E-state index contributed by atoms with van der Waals surface area (Å²) in [7, 11) is -3.41. The number of furan rings is 1. The topological polar surface area (TPSA) is 67.6 Å². The minimum atomic E-state index is -3.41. The summed E-state index contributed by atoms with van der Waals surface area (Å²) in [4.78, 5) is 15.1. The van der Waals surface area contributed by atoms with Gasteiger partial charge in [-0.1, -0.05) is 30.3 Å². The standard InChI is InChI=1S/C22H21NO4S/c24-22(23(19-12-13-19)15-20-5-4-14-27-20)18-10-8-17(9-11-18)16-28(25,26)21-6-2-1-3-7-21/h1-11,14,19H,12-13,15-16H2. The smallest absolute Gasteiger partial charge is 0.254 e. The number of benzene rings is 2. The van der Waals surface area contributed by atoms with E-state index in [1.54, 1.807) is 60.9 Å². The normalized spacial score (nSPS) is 14.0. The summed E-state index contributed by atoms with van der Waals surface area (Å²) < 4.78 is 30.4. The fraction of sp³-hybridized carbons (Fsp3) is 0.227. The van der Waals surface area contributed by atoms with Crippen molar-refractivity contribution >= 4 is 15.7 Å². The van der Waals surface area contributed by atoms with Gasteiger partial charge in [-0.25, -0.2) is 8.42 Å². The third kappa shape index (κ3) is 4.17. The first-order valence-corrected chi connectivity index (χ1v) is 10.9. The number of nitrogens with zero attached hydrogens (tertiary/aromatic N) is 1. The van der Waals surface area contributed by atoms with Crippen molar-refractivity contribution in [3.8, 4) is 0 Å². The van der Waals surface area contributed by atoms with Crippen molar-refractivity contribution in [1.29, 1.82) is 0 Å². The molecule has 1 fully saturated rings. The lowest BCUT2D eigenvalue weighted by atomic mass is 10.1. The first kappa shape index (κ1) is 18.5. The molecule has 1 aliphatic rings. The van der Waals surface area contributed by atoms with Crippen molar-refractivity contribution in [2.75, 3.05) is 0 Å². The first-order valence-electron chi connectivity index (χ1n) is 9.23. The Kier molecular flexibility index (Phi) is 5.05. The fourth-order valence-electron chi connectivity index (χ4n) is 3.16. The molecule has 4 rings (SSSR count). The molecule has 0 bridgehead atoms. The van der Waals surface area contributed by atoms with E-state index >= 15 is 0 Å². The molecule has 1 heterocycles. The lowest BCUT2D eigenvalue weighted by molar-refractivity contribution is 0.0717. The number of carbonyl (C=O) groups is 1. The molecular formula is C22H21NO4S. The van der Waals surface area contributed by atoms with Crippen molar-refractivity contribution in [3.05, 3.63) is 89.9 Å². The summed E-state index contributed by atoms with van der Waals surface area (Å²) in [6.45, 7) is 0.445. The van der Waals surface area contributed by atoms with E-state index in [0.717, 1.165) is 18.6 Å². The molecule has 1 amide bonds. The van der Waals surface area contributed by atoms with Crippen LogP contribution in [0.1, 0.15) is 34.5 Å². The minimum absolute atomic E-state index is 0.0589. The van der Waals surface area contributed by atoms with E-state index in [0.29, 0.717) is 22.6 Å². The molecule has 6 heteroatoms. The third-order valence-corrected chi connectivity index (χ3v) is 6.52. The van der Waals surface area contributed by atoms with Crippen LogP contribution in [0.15, 0.2) is 82.3 Å². The number of sulfone groups is 1. The average molecular weight is 395 g/mol. The Bertz CT molecular complexity index is 1040. The molecule has 0 saturated heterocycles. The van der Waals surface area contributed by atoms with Gasteiger partial charge in [0.25, 0.3) is 5.91 Å². The van der Waals surface area contributed by atoms with Crippen molar-refractivity contribution < 1.29 is 17.6 Å². The van der Waals surface area contributed by atoms with Gasteiger partial charge >= 0.3 is 0 Å². The molecule has 0 atom stereocenters. The van der Waals surface area contributed by atoms with Crippen LogP contribution in [0.25, 0.3) is 0 Å². The predicted octanol–water partition coefficient (Wildman–Crippen LogP) is 4.06. The zero-order valence-corrected chi connectivity index (χ0v) is 16.1. The maximum Gasteiger partial charge on any atom is 0.254 e. The van der Waals surface area contributed by atoms with E-state index in [1.807, 2.05) is 17.0 Å². The van der Waals surface area contributed by atoms with Crippen LogP contribution in [0.2, 0.25) is 0 Å². The summed E-state index contributed by atoms with van der Waals surface area (Å²) in [6, 6.07) is 19.1. The van der Waals surface area contributed by atoms with E-state index < -0.39 is 9.84 Å². The van der Waals surface area contributed by atoms with E-state index in [2.05, 4.69) is 0 Å². The average Bonchev–Trinajstić information content (AvgIpc) is 3.42. The van der Waals surface area contributed by atoms with Crippen LogP contribution in [-0.4, -0.2) is 25.3 Å². The van der Waals surface area contributed by atoms with Crippen LogP contribution in [0.5, 0.6) is 0 Å². The molecule has 0 N–H and O–H groups in total. The molecule has 5 nitrogen and oxygen atoms in total. The molecular weight excluding hydrogens is 374 g/mol. The molecule has 1 aromatic heterocycles. The quantitative estimate of drug-likeness (QED) is 0.605. The van der Waals surface area contributed by atoms with Crippen LogP contribution >= 0.6 is 0 Å². The summed E-state index contributed by atoms with van der Waals surface area (Å²) in [5, 5.41) is 0. The van der Waals surface area contributed by atoms with Crippen LogP contribution < -0.4 is 0 Å². The highest BCUT2D eigenvalue weighted by atomic mass is 32.2. The second-order valence-electron chi connectivity index (χ2n) is 7.01. The molecule has 3 aromatic rings. The van der Waals surface area contributed by atoms with Gasteiger partial charge in [0.15, 0.2) is 9.84 Å². The number of hydrogen-bond acceptors (Lipinski definition) is 4. The molecule has 0 aliphatic heterocycles. The van der Waals surface area contributed by atoms with Crippen LogP contribution in [-0.2, 0) is 22.1 Å². The lowest BCUT2D eigenvalue weighted by Crippen LogP contribution is -2.32. The maximum absolute atomic E-state index is 12.9. The highest BCUT2D eigenvalue weighted by molar-refractivity contribution is 7.90.